The van der Waals surface area contributed by atoms with E-state index < -0.39 is 4.92 Å². The zero-order chi connectivity index (χ0) is 15.4. The van der Waals surface area contributed by atoms with E-state index in [1.165, 1.54) is 12.3 Å². The van der Waals surface area contributed by atoms with Crippen molar-refractivity contribution in [3.05, 3.63) is 40.6 Å². The highest BCUT2D eigenvalue weighted by Crippen LogP contribution is 2.31. The standard InChI is InChI=1S/C14H15N3O4/c1-3-21-13(18)9-16(2)11-6-7-12(17(19)20)14-10(11)5-4-8-15-14/h4-8H,3,9H2,1-2H3. The van der Waals surface area contributed by atoms with Crippen molar-refractivity contribution in [2.75, 3.05) is 25.1 Å². The number of anilines is 1. The highest BCUT2D eigenvalue weighted by atomic mass is 16.6. The molecule has 0 saturated carbocycles. The van der Waals surface area contributed by atoms with Gasteiger partial charge in [-0.1, -0.05) is 0 Å². The summed E-state index contributed by atoms with van der Waals surface area (Å²) in [6, 6.07) is 6.45. The zero-order valence-electron chi connectivity index (χ0n) is 11.8. The van der Waals surface area contributed by atoms with Gasteiger partial charge in [0.05, 0.1) is 11.5 Å². The van der Waals surface area contributed by atoms with E-state index in [4.69, 9.17) is 4.74 Å². The van der Waals surface area contributed by atoms with Crippen LogP contribution in [0.1, 0.15) is 6.92 Å². The van der Waals surface area contributed by atoms with Crippen LogP contribution in [0.3, 0.4) is 0 Å². The second kappa shape index (κ2) is 6.17. The van der Waals surface area contributed by atoms with E-state index in [-0.39, 0.29) is 18.2 Å². The van der Waals surface area contributed by atoms with Gasteiger partial charge in [0.15, 0.2) is 0 Å². The number of fused-ring (bicyclic) bond motifs is 1. The number of nitro benzene ring substituents is 1. The van der Waals surface area contributed by atoms with E-state index in [0.29, 0.717) is 23.2 Å². The van der Waals surface area contributed by atoms with Gasteiger partial charge in [0.25, 0.3) is 5.69 Å². The van der Waals surface area contributed by atoms with Crippen LogP contribution >= 0.6 is 0 Å². The molecule has 0 aliphatic carbocycles. The first-order valence-electron chi connectivity index (χ1n) is 6.43. The van der Waals surface area contributed by atoms with Crippen molar-refractivity contribution in [3.63, 3.8) is 0 Å². The molecule has 21 heavy (non-hydrogen) atoms. The molecule has 0 aliphatic rings. The number of carbonyl (C=O) groups is 1. The van der Waals surface area contributed by atoms with Crippen LogP contribution in [0.15, 0.2) is 30.5 Å². The first-order chi connectivity index (χ1) is 10.0. The van der Waals surface area contributed by atoms with Gasteiger partial charge in [0.1, 0.15) is 12.1 Å². The van der Waals surface area contributed by atoms with Gasteiger partial charge in [0, 0.05) is 30.4 Å². The lowest BCUT2D eigenvalue weighted by molar-refractivity contribution is -0.383. The minimum absolute atomic E-state index is 0.0566. The van der Waals surface area contributed by atoms with Gasteiger partial charge >= 0.3 is 5.97 Å². The van der Waals surface area contributed by atoms with Crippen LogP contribution in [-0.4, -0.2) is 36.1 Å². The number of nitro groups is 1. The van der Waals surface area contributed by atoms with Crippen molar-refractivity contribution in [1.29, 1.82) is 0 Å². The molecule has 110 valence electrons. The summed E-state index contributed by atoms with van der Waals surface area (Å²) in [6.07, 6.45) is 1.50. The molecule has 0 N–H and O–H groups in total. The molecular weight excluding hydrogens is 274 g/mol. The fourth-order valence-electron chi connectivity index (χ4n) is 2.11. The van der Waals surface area contributed by atoms with Crippen LogP contribution in [-0.2, 0) is 9.53 Å². The zero-order valence-corrected chi connectivity index (χ0v) is 11.8. The Morgan fingerprint density at radius 1 is 1.43 bits per heavy atom. The van der Waals surface area contributed by atoms with Crippen LogP contribution in [0.5, 0.6) is 0 Å². The third kappa shape index (κ3) is 3.07. The molecule has 1 aromatic heterocycles. The number of nitrogens with zero attached hydrogens (tertiary/aromatic N) is 3. The van der Waals surface area contributed by atoms with Crippen molar-refractivity contribution in [3.8, 4) is 0 Å². The smallest absolute Gasteiger partial charge is 0.325 e. The maximum absolute atomic E-state index is 11.6. The summed E-state index contributed by atoms with van der Waals surface area (Å²) in [5.74, 6) is -0.351. The maximum atomic E-state index is 11.6. The van der Waals surface area contributed by atoms with Gasteiger partial charge in [-0.25, -0.2) is 4.98 Å². The van der Waals surface area contributed by atoms with E-state index >= 15 is 0 Å². The Morgan fingerprint density at radius 2 is 2.19 bits per heavy atom. The minimum atomic E-state index is -0.468. The summed E-state index contributed by atoms with van der Waals surface area (Å²) in [7, 11) is 1.73. The normalized spacial score (nSPS) is 10.4. The van der Waals surface area contributed by atoms with Crippen LogP contribution in [0, 0.1) is 10.1 Å². The summed E-state index contributed by atoms with van der Waals surface area (Å²) in [6.45, 7) is 2.12. The lowest BCUT2D eigenvalue weighted by Gasteiger charge is -2.19. The van der Waals surface area contributed by atoms with Crippen LogP contribution < -0.4 is 4.90 Å². The molecule has 0 unspecified atom stereocenters. The molecule has 0 radical (unpaired) electrons. The molecule has 7 nitrogen and oxygen atoms in total. The molecule has 0 saturated heterocycles. The average molecular weight is 289 g/mol. The van der Waals surface area contributed by atoms with Gasteiger partial charge < -0.3 is 9.64 Å². The van der Waals surface area contributed by atoms with Gasteiger partial charge in [-0.2, -0.15) is 0 Å². The van der Waals surface area contributed by atoms with Crippen molar-refractivity contribution >= 4 is 28.2 Å². The number of benzene rings is 1. The van der Waals surface area contributed by atoms with Crippen LogP contribution in [0.4, 0.5) is 11.4 Å². The number of aromatic nitrogens is 1. The Morgan fingerprint density at radius 3 is 2.86 bits per heavy atom. The fraction of sp³-hybridized carbons (Fsp3) is 0.286. The molecule has 1 aromatic carbocycles. The van der Waals surface area contributed by atoms with Gasteiger partial charge in [0.2, 0.25) is 0 Å². The molecule has 2 rings (SSSR count). The highest BCUT2D eigenvalue weighted by Gasteiger charge is 2.18. The predicted octanol–water partition coefficient (Wildman–Crippen LogP) is 2.14. The topological polar surface area (TPSA) is 85.6 Å². The van der Waals surface area contributed by atoms with Gasteiger partial charge in [-0.3, -0.25) is 14.9 Å². The second-order valence-electron chi connectivity index (χ2n) is 4.42. The second-order valence-corrected chi connectivity index (χ2v) is 4.42. The Labute approximate surface area is 121 Å². The van der Waals surface area contributed by atoms with Gasteiger partial charge in [-0.05, 0) is 25.1 Å². The first kappa shape index (κ1) is 14.7. The number of pyridine rings is 1. The van der Waals surface area contributed by atoms with E-state index in [0.717, 1.165) is 0 Å². The van der Waals surface area contributed by atoms with E-state index in [2.05, 4.69) is 4.98 Å². The Balaban J connectivity index is 2.43. The molecule has 0 amide bonds. The summed E-state index contributed by atoms with van der Waals surface area (Å²) in [4.78, 5) is 27.9. The summed E-state index contributed by atoms with van der Waals surface area (Å²) in [5, 5.41) is 11.7. The number of esters is 1. The largest absolute Gasteiger partial charge is 0.465 e. The van der Waals surface area contributed by atoms with Crippen LogP contribution in [0.2, 0.25) is 0 Å². The summed E-state index contributed by atoms with van der Waals surface area (Å²) in [5.41, 5.74) is 0.936. The number of rotatable bonds is 5. The van der Waals surface area contributed by atoms with E-state index in [9.17, 15) is 14.9 Å². The minimum Gasteiger partial charge on any atom is -0.465 e. The van der Waals surface area contributed by atoms with E-state index in [1.54, 1.807) is 37.1 Å². The SMILES string of the molecule is CCOC(=O)CN(C)c1ccc([N+](=O)[O-])c2ncccc12. The number of hydrogen-bond donors (Lipinski definition) is 0. The quantitative estimate of drug-likeness (QED) is 0.476. The Hall–Kier alpha value is -2.70. The third-order valence-corrected chi connectivity index (χ3v) is 3.00. The number of non-ortho nitro benzene ring substituents is 1. The molecule has 7 heteroatoms. The highest BCUT2D eigenvalue weighted by molar-refractivity contribution is 5.98. The van der Waals surface area contributed by atoms with Crippen molar-refractivity contribution in [1.82, 2.24) is 4.98 Å². The average Bonchev–Trinajstić information content (AvgIpc) is 2.45. The van der Waals surface area contributed by atoms with Crippen molar-refractivity contribution in [2.45, 2.75) is 6.92 Å². The van der Waals surface area contributed by atoms with Crippen molar-refractivity contribution in [2.24, 2.45) is 0 Å². The Bertz CT molecular complexity index is 687. The lowest BCUT2D eigenvalue weighted by Crippen LogP contribution is -2.27. The summed E-state index contributed by atoms with van der Waals surface area (Å²) >= 11 is 0. The molecule has 0 aliphatic heterocycles. The molecule has 0 fully saturated rings. The van der Waals surface area contributed by atoms with Crippen LogP contribution in [0.25, 0.3) is 10.9 Å². The third-order valence-electron chi connectivity index (χ3n) is 3.00. The lowest BCUT2D eigenvalue weighted by atomic mass is 10.1. The van der Waals surface area contributed by atoms with E-state index in [1.807, 2.05) is 0 Å². The number of carbonyl (C=O) groups excluding carboxylic acids is 1. The molecule has 2 aromatic rings. The number of likely N-dealkylation sites (N-methyl/N-ethyl adjacent to an activating group) is 1. The molecule has 1 heterocycles. The molecular formula is C14H15N3O4. The summed E-state index contributed by atoms with van der Waals surface area (Å²) < 4.78 is 4.90. The number of hydrogen-bond acceptors (Lipinski definition) is 6. The first-order valence-corrected chi connectivity index (χ1v) is 6.43. The maximum Gasteiger partial charge on any atom is 0.325 e. The van der Waals surface area contributed by atoms with Crippen molar-refractivity contribution < 1.29 is 14.5 Å². The molecule has 0 spiro atoms. The fourth-order valence-corrected chi connectivity index (χ4v) is 2.11. The Kier molecular flexibility index (Phi) is 4.32. The van der Waals surface area contributed by atoms with Gasteiger partial charge in [-0.15, -0.1) is 0 Å². The molecule has 0 bridgehead atoms. The monoisotopic (exact) mass is 289 g/mol. The molecule has 0 atom stereocenters. The predicted molar refractivity (Wildman–Crippen MR) is 78.3 cm³/mol. The number of ether oxygens (including phenoxy) is 1.